The normalized spacial score (nSPS) is 10.4. The van der Waals surface area contributed by atoms with Crippen LogP contribution in [-0.2, 0) is 10.5 Å². The van der Waals surface area contributed by atoms with Gasteiger partial charge in [-0.2, -0.15) is 11.8 Å². The number of benzene rings is 1. The quantitative estimate of drug-likeness (QED) is 0.814. The molecule has 1 heterocycles. The van der Waals surface area contributed by atoms with Crippen LogP contribution in [0, 0.1) is 6.92 Å². The maximum absolute atomic E-state index is 11.8. The second kappa shape index (κ2) is 7.04. The molecule has 0 aliphatic carbocycles. The van der Waals surface area contributed by atoms with Gasteiger partial charge in [0.05, 0.1) is 12.0 Å². The Morgan fingerprint density at radius 2 is 2.11 bits per heavy atom. The minimum Gasteiger partial charge on any atom is -0.468 e. The van der Waals surface area contributed by atoms with Crippen molar-refractivity contribution in [2.75, 3.05) is 11.1 Å². The number of hydrogen-bond acceptors (Lipinski definition) is 3. The summed E-state index contributed by atoms with van der Waals surface area (Å²) in [6, 6.07) is 11.6. The number of thioether (sulfide) groups is 1. The molecule has 1 amide bonds. The number of furan rings is 1. The average Bonchev–Trinajstić information content (AvgIpc) is 2.91. The van der Waals surface area contributed by atoms with E-state index in [9.17, 15) is 4.79 Å². The minimum absolute atomic E-state index is 0.0567. The van der Waals surface area contributed by atoms with Gasteiger partial charge in [-0.3, -0.25) is 4.79 Å². The van der Waals surface area contributed by atoms with Gasteiger partial charge in [0.15, 0.2) is 0 Å². The van der Waals surface area contributed by atoms with Gasteiger partial charge >= 0.3 is 0 Å². The van der Waals surface area contributed by atoms with Crippen molar-refractivity contribution in [3.63, 3.8) is 0 Å². The second-order valence-corrected chi connectivity index (χ2v) is 5.35. The zero-order chi connectivity index (χ0) is 13.5. The van der Waals surface area contributed by atoms with E-state index < -0.39 is 0 Å². The van der Waals surface area contributed by atoms with Crippen LogP contribution in [0.3, 0.4) is 0 Å². The van der Waals surface area contributed by atoms with Crippen molar-refractivity contribution in [2.45, 2.75) is 19.1 Å². The van der Waals surface area contributed by atoms with Crippen LogP contribution >= 0.6 is 11.8 Å². The molecule has 0 bridgehead atoms. The highest BCUT2D eigenvalue weighted by Crippen LogP contribution is 2.16. The summed E-state index contributed by atoms with van der Waals surface area (Å²) in [6.45, 7) is 1.99. The van der Waals surface area contributed by atoms with E-state index in [1.807, 2.05) is 43.3 Å². The van der Waals surface area contributed by atoms with Gasteiger partial charge in [-0.05, 0) is 30.7 Å². The molecule has 0 radical (unpaired) electrons. The minimum atomic E-state index is 0.0567. The Hall–Kier alpha value is -1.68. The molecular formula is C15H17NO2S. The molecule has 100 valence electrons. The molecule has 0 saturated heterocycles. The molecule has 2 aromatic rings. The maximum atomic E-state index is 11.8. The predicted molar refractivity (Wildman–Crippen MR) is 79.3 cm³/mol. The van der Waals surface area contributed by atoms with Crippen molar-refractivity contribution < 1.29 is 9.21 Å². The van der Waals surface area contributed by atoms with Gasteiger partial charge in [0.2, 0.25) is 5.91 Å². The molecule has 1 aromatic carbocycles. The van der Waals surface area contributed by atoms with Crippen LogP contribution < -0.4 is 5.32 Å². The Kier molecular flexibility index (Phi) is 5.10. The number of carbonyl (C=O) groups excluding carboxylic acids is 1. The summed E-state index contributed by atoms with van der Waals surface area (Å²) in [5.41, 5.74) is 1.97. The number of carbonyl (C=O) groups is 1. The summed E-state index contributed by atoms with van der Waals surface area (Å²) in [5, 5.41) is 2.93. The van der Waals surface area contributed by atoms with Gasteiger partial charge in [-0.15, -0.1) is 0 Å². The van der Waals surface area contributed by atoms with Crippen molar-refractivity contribution in [2.24, 2.45) is 0 Å². The van der Waals surface area contributed by atoms with Crippen LogP contribution in [0.1, 0.15) is 17.7 Å². The molecule has 4 heteroatoms. The van der Waals surface area contributed by atoms with Crippen LogP contribution in [0.25, 0.3) is 0 Å². The van der Waals surface area contributed by atoms with E-state index in [1.54, 1.807) is 18.0 Å². The van der Waals surface area contributed by atoms with Crippen LogP contribution in [0.2, 0.25) is 0 Å². The first-order valence-electron chi connectivity index (χ1n) is 6.21. The van der Waals surface area contributed by atoms with Gasteiger partial charge in [0.1, 0.15) is 5.76 Å². The Morgan fingerprint density at radius 1 is 1.26 bits per heavy atom. The lowest BCUT2D eigenvalue weighted by atomic mass is 10.2. The van der Waals surface area contributed by atoms with E-state index in [-0.39, 0.29) is 5.91 Å². The molecule has 3 nitrogen and oxygen atoms in total. The van der Waals surface area contributed by atoms with E-state index in [1.165, 1.54) is 0 Å². The van der Waals surface area contributed by atoms with E-state index >= 15 is 0 Å². The Morgan fingerprint density at radius 3 is 2.84 bits per heavy atom. The molecule has 1 N–H and O–H groups in total. The maximum Gasteiger partial charge on any atom is 0.225 e. The third kappa shape index (κ3) is 4.48. The number of aryl methyl sites for hydroxylation is 1. The monoisotopic (exact) mass is 275 g/mol. The van der Waals surface area contributed by atoms with E-state index in [0.717, 1.165) is 28.5 Å². The second-order valence-electron chi connectivity index (χ2n) is 4.25. The number of amides is 1. The number of hydrogen-bond donors (Lipinski definition) is 1. The lowest BCUT2D eigenvalue weighted by Crippen LogP contribution is -2.12. The first-order valence-corrected chi connectivity index (χ1v) is 7.37. The van der Waals surface area contributed by atoms with Gasteiger partial charge < -0.3 is 9.73 Å². The van der Waals surface area contributed by atoms with Crippen LogP contribution in [0.4, 0.5) is 5.69 Å². The molecule has 0 fully saturated rings. The highest BCUT2D eigenvalue weighted by molar-refractivity contribution is 7.98. The molecule has 2 rings (SSSR count). The fourth-order valence-electron chi connectivity index (χ4n) is 1.66. The predicted octanol–water partition coefficient (Wildman–Crippen LogP) is 3.85. The molecule has 0 spiro atoms. The van der Waals surface area contributed by atoms with Crippen molar-refractivity contribution in [3.05, 3.63) is 54.0 Å². The van der Waals surface area contributed by atoms with Crippen LogP contribution in [0.15, 0.2) is 47.1 Å². The molecular weight excluding hydrogens is 258 g/mol. The highest BCUT2D eigenvalue weighted by Gasteiger charge is 2.04. The van der Waals surface area contributed by atoms with Gasteiger partial charge in [-0.25, -0.2) is 0 Å². The van der Waals surface area contributed by atoms with Crippen molar-refractivity contribution in [1.29, 1.82) is 0 Å². The first kappa shape index (κ1) is 13.7. The molecule has 0 aliphatic rings. The summed E-state index contributed by atoms with van der Waals surface area (Å²) in [5.74, 6) is 2.61. The lowest BCUT2D eigenvalue weighted by Gasteiger charge is -2.07. The molecule has 0 unspecified atom stereocenters. The molecule has 19 heavy (non-hydrogen) atoms. The summed E-state index contributed by atoms with van der Waals surface area (Å²) in [7, 11) is 0. The Labute approximate surface area is 117 Å². The topological polar surface area (TPSA) is 42.2 Å². The number of para-hydroxylation sites is 1. The molecule has 0 aliphatic heterocycles. The third-order valence-corrected chi connectivity index (χ3v) is 3.70. The smallest absolute Gasteiger partial charge is 0.225 e. The molecule has 1 aromatic heterocycles. The SMILES string of the molecule is Cc1ccccc1NC(=O)CCSCc1ccco1. The van der Waals surface area contributed by atoms with Crippen LogP contribution in [0.5, 0.6) is 0 Å². The number of nitrogens with one attached hydrogen (secondary N) is 1. The zero-order valence-corrected chi connectivity index (χ0v) is 11.7. The zero-order valence-electron chi connectivity index (χ0n) is 10.9. The fraction of sp³-hybridized carbons (Fsp3) is 0.267. The van der Waals surface area contributed by atoms with Gasteiger partial charge in [0.25, 0.3) is 0 Å². The third-order valence-electron chi connectivity index (χ3n) is 2.72. The Balaban J connectivity index is 1.69. The molecule has 0 atom stereocenters. The van der Waals surface area contributed by atoms with E-state index in [4.69, 9.17) is 4.42 Å². The molecule has 0 saturated carbocycles. The summed E-state index contributed by atoms with van der Waals surface area (Å²) < 4.78 is 5.23. The van der Waals surface area contributed by atoms with Crippen LogP contribution in [-0.4, -0.2) is 11.7 Å². The lowest BCUT2D eigenvalue weighted by molar-refractivity contribution is -0.115. The summed E-state index contributed by atoms with van der Waals surface area (Å²) >= 11 is 1.70. The summed E-state index contributed by atoms with van der Waals surface area (Å²) in [4.78, 5) is 11.8. The number of rotatable bonds is 6. The van der Waals surface area contributed by atoms with E-state index in [2.05, 4.69) is 5.32 Å². The van der Waals surface area contributed by atoms with Gasteiger partial charge in [-0.1, -0.05) is 18.2 Å². The Bertz CT molecular complexity index is 523. The van der Waals surface area contributed by atoms with E-state index in [0.29, 0.717) is 6.42 Å². The van der Waals surface area contributed by atoms with Gasteiger partial charge in [0, 0.05) is 17.9 Å². The number of anilines is 1. The summed E-state index contributed by atoms with van der Waals surface area (Å²) in [6.07, 6.45) is 2.18. The standard InChI is InChI=1S/C15H17NO2S/c1-12-5-2-3-7-14(12)16-15(17)8-10-19-11-13-6-4-9-18-13/h2-7,9H,8,10-11H2,1H3,(H,16,17). The fourth-order valence-corrected chi connectivity index (χ4v) is 2.50. The van der Waals surface area contributed by atoms with Crippen molar-refractivity contribution in [1.82, 2.24) is 0 Å². The largest absolute Gasteiger partial charge is 0.468 e. The average molecular weight is 275 g/mol. The van der Waals surface area contributed by atoms with Crippen molar-refractivity contribution in [3.8, 4) is 0 Å². The van der Waals surface area contributed by atoms with Crippen molar-refractivity contribution >= 4 is 23.4 Å². The first-order chi connectivity index (χ1) is 9.25. The highest BCUT2D eigenvalue weighted by atomic mass is 32.2.